The largest absolute Gasteiger partial charge is 0.497 e. The average Bonchev–Trinajstić information content (AvgIpc) is 2.79. The van der Waals surface area contributed by atoms with Gasteiger partial charge in [0.05, 0.1) is 30.3 Å². The number of methoxy groups -OCH3 is 1. The van der Waals surface area contributed by atoms with Crippen molar-refractivity contribution in [1.29, 1.82) is 0 Å². The van der Waals surface area contributed by atoms with Crippen LogP contribution >= 0.6 is 12.4 Å². The zero-order valence-electron chi connectivity index (χ0n) is 20.2. The van der Waals surface area contributed by atoms with Crippen LogP contribution in [0.4, 0.5) is 5.69 Å². The fourth-order valence-electron chi connectivity index (χ4n) is 3.53. The van der Waals surface area contributed by atoms with E-state index in [1.165, 1.54) is 4.31 Å². The molecule has 2 rings (SSSR count). The number of aliphatic hydroxyl groups is 1. The van der Waals surface area contributed by atoms with E-state index in [9.17, 15) is 13.5 Å². The molecule has 1 unspecified atom stereocenters. The van der Waals surface area contributed by atoms with E-state index in [4.69, 9.17) is 4.74 Å². The van der Waals surface area contributed by atoms with Gasteiger partial charge in [-0.3, -0.25) is 4.31 Å². The topological polar surface area (TPSA) is 70.1 Å². The Hall–Kier alpha value is -1.80. The third-order valence-corrected chi connectivity index (χ3v) is 7.28. The number of nitrogens with zero attached hydrogens (tertiary/aromatic N) is 2. The number of hydrogen-bond acceptors (Lipinski definition) is 5. The third-order valence-electron chi connectivity index (χ3n) is 5.47. The molecule has 8 heteroatoms. The van der Waals surface area contributed by atoms with Gasteiger partial charge in [-0.05, 0) is 69.3 Å². The van der Waals surface area contributed by atoms with E-state index in [1.807, 2.05) is 6.92 Å². The first-order valence-electron chi connectivity index (χ1n) is 11.5. The molecule has 2 aromatic carbocycles. The Balaban J connectivity index is 0.00000544. The Morgan fingerprint density at radius 3 is 1.94 bits per heavy atom. The lowest BCUT2D eigenvalue weighted by molar-refractivity contribution is 0.117. The fraction of sp³-hybridized carbons (Fsp3) is 0.520. The number of halogens is 1. The summed E-state index contributed by atoms with van der Waals surface area (Å²) in [5, 5.41) is 10.9. The lowest BCUT2D eigenvalue weighted by atomic mass is 10.2. The van der Waals surface area contributed by atoms with Crippen LogP contribution in [0.2, 0.25) is 0 Å². The minimum atomic E-state index is -3.84. The van der Waals surface area contributed by atoms with Gasteiger partial charge in [0.1, 0.15) is 5.75 Å². The Bertz CT molecular complexity index is 897. The molecule has 0 heterocycles. The summed E-state index contributed by atoms with van der Waals surface area (Å²) in [6.07, 6.45) is 3.46. The molecule has 0 spiro atoms. The number of sulfonamides is 1. The van der Waals surface area contributed by atoms with Gasteiger partial charge in [0.25, 0.3) is 10.0 Å². The van der Waals surface area contributed by atoms with Crippen LogP contribution in [-0.4, -0.2) is 57.8 Å². The second-order valence-electron chi connectivity index (χ2n) is 8.21. The van der Waals surface area contributed by atoms with Crippen LogP contribution in [0, 0.1) is 6.92 Å². The zero-order chi connectivity index (χ0) is 23.6. The van der Waals surface area contributed by atoms with Gasteiger partial charge in [0, 0.05) is 6.54 Å². The Morgan fingerprint density at radius 1 is 0.909 bits per heavy atom. The molecule has 1 N–H and O–H groups in total. The molecule has 1 atom stereocenters. The molecule has 0 aliphatic heterocycles. The molecule has 0 bridgehead atoms. The van der Waals surface area contributed by atoms with Crippen LogP contribution < -0.4 is 9.04 Å². The molecule has 0 aromatic heterocycles. The van der Waals surface area contributed by atoms with Crippen LogP contribution in [-0.2, 0) is 10.0 Å². The quantitative estimate of drug-likeness (QED) is 0.402. The van der Waals surface area contributed by atoms with Gasteiger partial charge in [0.15, 0.2) is 0 Å². The number of rotatable bonds is 14. The van der Waals surface area contributed by atoms with Crippen molar-refractivity contribution in [2.45, 2.75) is 57.5 Å². The summed E-state index contributed by atoms with van der Waals surface area (Å²) < 4.78 is 33.6. The van der Waals surface area contributed by atoms with Crippen molar-refractivity contribution in [3.05, 3.63) is 54.1 Å². The molecule has 0 saturated carbocycles. The second kappa shape index (κ2) is 14.5. The van der Waals surface area contributed by atoms with E-state index in [-0.39, 0.29) is 23.8 Å². The van der Waals surface area contributed by atoms with Crippen molar-refractivity contribution in [1.82, 2.24) is 4.90 Å². The molecule has 6 nitrogen and oxygen atoms in total. The zero-order valence-corrected chi connectivity index (χ0v) is 21.9. The summed E-state index contributed by atoms with van der Waals surface area (Å²) >= 11 is 0. The van der Waals surface area contributed by atoms with E-state index in [1.54, 1.807) is 55.6 Å². The number of anilines is 1. The van der Waals surface area contributed by atoms with Crippen LogP contribution in [0.1, 0.15) is 45.1 Å². The predicted octanol–water partition coefficient (Wildman–Crippen LogP) is 4.88. The van der Waals surface area contributed by atoms with Crippen molar-refractivity contribution in [2.75, 3.05) is 37.6 Å². The molecule has 0 saturated heterocycles. The molecule has 0 aliphatic rings. The van der Waals surface area contributed by atoms with Gasteiger partial charge < -0.3 is 14.7 Å². The standard InChI is InChI=1S/C25H38N2O4S.ClH/c1-5-7-17-26(18-8-6-2)19-23(28)20-27(22-11-13-24(31-4)14-12-22)32(29,30)25-15-9-21(3)10-16-25;/h9-16,23,28H,5-8,17-20H2,1-4H3;1H. The first-order chi connectivity index (χ1) is 15.3. The number of unbranched alkanes of at least 4 members (excludes halogenated alkanes) is 2. The van der Waals surface area contributed by atoms with E-state index in [2.05, 4.69) is 18.7 Å². The number of aryl methyl sites for hydroxylation is 1. The van der Waals surface area contributed by atoms with Crippen LogP contribution in [0.15, 0.2) is 53.4 Å². The molecule has 33 heavy (non-hydrogen) atoms. The van der Waals surface area contributed by atoms with E-state index in [0.717, 1.165) is 44.3 Å². The summed E-state index contributed by atoms with van der Waals surface area (Å²) in [5.74, 6) is 0.646. The molecule has 0 fully saturated rings. The van der Waals surface area contributed by atoms with Crippen molar-refractivity contribution in [2.24, 2.45) is 0 Å². The Kier molecular flexibility index (Phi) is 12.8. The first-order valence-corrected chi connectivity index (χ1v) is 12.9. The van der Waals surface area contributed by atoms with Gasteiger partial charge >= 0.3 is 0 Å². The lowest BCUT2D eigenvalue weighted by Crippen LogP contribution is -2.43. The monoisotopic (exact) mass is 498 g/mol. The summed E-state index contributed by atoms with van der Waals surface area (Å²) in [6.45, 7) is 8.44. The summed E-state index contributed by atoms with van der Waals surface area (Å²) in [4.78, 5) is 2.45. The minimum absolute atomic E-state index is 0. The predicted molar refractivity (Wildman–Crippen MR) is 138 cm³/mol. The van der Waals surface area contributed by atoms with E-state index >= 15 is 0 Å². The SMILES string of the molecule is CCCCN(CCCC)CC(O)CN(c1ccc(OC)cc1)S(=O)(=O)c1ccc(C)cc1.Cl. The maximum Gasteiger partial charge on any atom is 0.264 e. The Labute approximate surface area is 206 Å². The van der Waals surface area contributed by atoms with Gasteiger partial charge in [-0.2, -0.15) is 0 Å². The summed E-state index contributed by atoms with van der Waals surface area (Å²) in [6, 6.07) is 13.7. The summed E-state index contributed by atoms with van der Waals surface area (Å²) in [7, 11) is -2.27. The molecule has 186 valence electrons. The van der Waals surface area contributed by atoms with E-state index in [0.29, 0.717) is 18.0 Å². The van der Waals surface area contributed by atoms with E-state index < -0.39 is 16.1 Å². The van der Waals surface area contributed by atoms with Gasteiger partial charge in [-0.1, -0.05) is 44.4 Å². The van der Waals surface area contributed by atoms with Gasteiger partial charge in [-0.15, -0.1) is 12.4 Å². The maximum absolute atomic E-state index is 13.5. The molecule has 0 amide bonds. The number of benzene rings is 2. The maximum atomic E-state index is 13.5. The van der Waals surface area contributed by atoms with Crippen LogP contribution in [0.25, 0.3) is 0 Å². The molecular weight excluding hydrogens is 460 g/mol. The first kappa shape index (κ1) is 29.2. The molecular formula is C25H39ClN2O4S. The number of aliphatic hydroxyl groups excluding tert-OH is 1. The fourth-order valence-corrected chi connectivity index (χ4v) is 5.04. The summed E-state index contributed by atoms with van der Waals surface area (Å²) in [5.41, 5.74) is 1.49. The Morgan fingerprint density at radius 2 is 1.45 bits per heavy atom. The van der Waals surface area contributed by atoms with Crippen LogP contribution in [0.5, 0.6) is 5.75 Å². The van der Waals surface area contributed by atoms with Crippen molar-refractivity contribution < 1.29 is 18.3 Å². The number of ether oxygens (including phenoxy) is 1. The molecule has 0 radical (unpaired) electrons. The molecule has 2 aromatic rings. The van der Waals surface area contributed by atoms with Crippen molar-refractivity contribution in [3.63, 3.8) is 0 Å². The minimum Gasteiger partial charge on any atom is -0.497 e. The smallest absolute Gasteiger partial charge is 0.264 e. The lowest BCUT2D eigenvalue weighted by Gasteiger charge is -2.30. The van der Waals surface area contributed by atoms with Crippen molar-refractivity contribution in [3.8, 4) is 5.75 Å². The highest BCUT2D eigenvalue weighted by molar-refractivity contribution is 7.92. The highest BCUT2D eigenvalue weighted by Crippen LogP contribution is 2.26. The van der Waals surface area contributed by atoms with Crippen LogP contribution in [0.3, 0.4) is 0 Å². The normalized spacial score (nSPS) is 12.3. The molecule has 0 aliphatic carbocycles. The number of hydrogen-bond donors (Lipinski definition) is 1. The third kappa shape index (κ3) is 8.81. The van der Waals surface area contributed by atoms with Gasteiger partial charge in [-0.25, -0.2) is 8.42 Å². The highest BCUT2D eigenvalue weighted by atomic mass is 35.5. The highest BCUT2D eigenvalue weighted by Gasteiger charge is 2.28. The average molecular weight is 499 g/mol. The van der Waals surface area contributed by atoms with Crippen molar-refractivity contribution >= 4 is 28.1 Å². The van der Waals surface area contributed by atoms with Gasteiger partial charge in [0.2, 0.25) is 0 Å². The second-order valence-corrected chi connectivity index (χ2v) is 10.1.